The standard InChI is InChI=1S/C24H28F3N3O2/c1-2-28-13-11-24(12-14-28)15-22(31)29(30(24)17-19-3-7-20(25)8-4-19)16-18-5-9-21(10-6-18)32-23(26)27/h3-10,23H,2,11-17H2,1H3. The van der Waals surface area contributed by atoms with Crippen LogP contribution in [0.1, 0.15) is 37.3 Å². The van der Waals surface area contributed by atoms with E-state index >= 15 is 0 Å². The molecule has 0 aromatic heterocycles. The summed E-state index contributed by atoms with van der Waals surface area (Å²) in [5.74, 6) is -0.159. The number of rotatable bonds is 7. The minimum atomic E-state index is -2.87. The van der Waals surface area contributed by atoms with E-state index in [1.54, 1.807) is 29.3 Å². The Morgan fingerprint density at radius 2 is 1.56 bits per heavy atom. The lowest BCUT2D eigenvalue weighted by Gasteiger charge is -2.46. The van der Waals surface area contributed by atoms with Gasteiger partial charge in [-0.3, -0.25) is 9.80 Å². The molecule has 1 amide bonds. The maximum absolute atomic E-state index is 13.4. The Kier molecular flexibility index (Phi) is 6.71. The molecule has 5 nitrogen and oxygen atoms in total. The average molecular weight is 448 g/mol. The molecule has 4 rings (SSSR count). The monoisotopic (exact) mass is 447 g/mol. The lowest BCUT2D eigenvalue weighted by atomic mass is 9.84. The van der Waals surface area contributed by atoms with Gasteiger partial charge in [-0.05, 0) is 67.9 Å². The van der Waals surface area contributed by atoms with Gasteiger partial charge in [0, 0.05) is 13.0 Å². The number of hydrogen-bond acceptors (Lipinski definition) is 4. The third kappa shape index (κ3) is 4.91. The zero-order valence-electron chi connectivity index (χ0n) is 18.1. The number of nitrogens with zero attached hydrogens (tertiary/aromatic N) is 3. The molecule has 1 spiro atoms. The van der Waals surface area contributed by atoms with E-state index in [4.69, 9.17) is 0 Å². The number of hydrogen-bond donors (Lipinski definition) is 0. The van der Waals surface area contributed by atoms with Crippen LogP contribution < -0.4 is 4.74 Å². The number of benzene rings is 2. The molecule has 2 aliphatic heterocycles. The van der Waals surface area contributed by atoms with Crippen LogP contribution in [0.15, 0.2) is 48.5 Å². The Labute approximate surface area is 186 Å². The molecule has 0 aliphatic carbocycles. The number of amides is 1. The first kappa shape index (κ1) is 22.6. The molecule has 0 radical (unpaired) electrons. The predicted molar refractivity (Wildman–Crippen MR) is 114 cm³/mol. The first-order chi connectivity index (χ1) is 15.4. The lowest BCUT2D eigenvalue weighted by Crippen LogP contribution is -2.54. The average Bonchev–Trinajstić information content (AvgIpc) is 3.01. The van der Waals surface area contributed by atoms with Crippen LogP contribution in [0.4, 0.5) is 13.2 Å². The summed E-state index contributed by atoms with van der Waals surface area (Å²) < 4.78 is 42.7. The number of alkyl halides is 2. The van der Waals surface area contributed by atoms with Crippen molar-refractivity contribution in [2.24, 2.45) is 0 Å². The molecule has 2 aliphatic rings. The summed E-state index contributed by atoms with van der Waals surface area (Å²) in [4.78, 5) is 15.5. The van der Waals surface area contributed by atoms with Gasteiger partial charge in [0.2, 0.25) is 5.91 Å². The minimum Gasteiger partial charge on any atom is -0.435 e. The number of carbonyl (C=O) groups is 1. The van der Waals surface area contributed by atoms with Crippen LogP contribution in [0.25, 0.3) is 0 Å². The Hall–Kier alpha value is -2.58. The molecular weight excluding hydrogens is 419 g/mol. The van der Waals surface area contributed by atoms with Gasteiger partial charge in [-0.2, -0.15) is 8.78 Å². The van der Waals surface area contributed by atoms with Crippen molar-refractivity contribution in [3.63, 3.8) is 0 Å². The van der Waals surface area contributed by atoms with Crippen molar-refractivity contribution in [2.75, 3.05) is 19.6 Å². The summed E-state index contributed by atoms with van der Waals surface area (Å²) in [5, 5.41) is 3.92. The maximum Gasteiger partial charge on any atom is 0.387 e. The highest BCUT2D eigenvalue weighted by molar-refractivity contribution is 5.79. The van der Waals surface area contributed by atoms with Gasteiger partial charge < -0.3 is 9.64 Å². The molecule has 0 unspecified atom stereocenters. The molecular formula is C24H28F3N3O2. The third-order valence-corrected chi connectivity index (χ3v) is 6.57. The number of ether oxygens (including phenoxy) is 1. The normalized spacial score (nSPS) is 19.3. The Balaban J connectivity index is 1.57. The van der Waals surface area contributed by atoms with Gasteiger partial charge >= 0.3 is 6.61 Å². The Morgan fingerprint density at radius 3 is 2.16 bits per heavy atom. The maximum atomic E-state index is 13.4. The fourth-order valence-corrected chi connectivity index (χ4v) is 4.71. The van der Waals surface area contributed by atoms with Gasteiger partial charge in [-0.1, -0.05) is 31.2 Å². The molecule has 2 fully saturated rings. The van der Waals surface area contributed by atoms with Crippen molar-refractivity contribution in [3.8, 4) is 5.75 Å². The van der Waals surface area contributed by atoms with Crippen LogP contribution >= 0.6 is 0 Å². The fourth-order valence-electron chi connectivity index (χ4n) is 4.71. The molecule has 2 aromatic carbocycles. The summed E-state index contributed by atoms with van der Waals surface area (Å²) in [6, 6.07) is 12.8. The third-order valence-electron chi connectivity index (χ3n) is 6.57. The summed E-state index contributed by atoms with van der Waals surface area (Å²) in [6.45, 7) is 2.95. The number of hydrazine groups is 1. The van der Waals surface area contributed by atoms with Crippen molar-refractivity contribution >= 4 is 5.91 Å². The molecule has 0 saturated carbocycles. The van der Waals surface area contributed by atoms with E-state index < -0.39 is 6.61 Å². The molecule has 0 atom stereocenters. The van der Waals surface area contributed by atoms with Crippen LogP contribution in [0, 0.1) is 5.82 Å². The number of halogens is 3. The highest BCUT2D eigenvalue weighted by atomic mass is 19.3. The second-order valence-corrected chi connectivity index (χ2v) is 8.49. The molecule has 172 valence electrons. The minimum absolute atomic E-state index is 0.0463. The summed E-state index contributed by atoms with van der Waals surface area (Å²) in [6.07, 6.45) is 2.20. The van der Waals surface area contributed by atoms with Crippen LogP contribution in [-0.2, 0) is 17.9 Å². The second kappa shape index (κ2) is 9.50. The number of piperidine rings is 1. The first-order valence-corrected chi connectivity index (χ1v) is 11.0. The summed E-state index contributed by atoms with van der Waals surface area (Å²) in [7, 11) is 0. The van der Waals surface area contributed by atoms with Crippen LogP contribution in [0.5, 0.6) is 5.75 Å². The summed E-state index contributed by atoms with van der Waals surface area (Å²) in [5.41, 5.74) is 1.49. The van der Waals surface area contributed by atoms with Crippen molar-refractivity contribution in [3.05, 3.63) is 65.5 Å². The van der Waals surface area contributed by atoms with E-state index in [0.29, 0.717) is 19.5 Å². The van der Waals surface area contributed by atoms with Crippen molar-refractivity contribution in [1.29, 1.82) is 0 Å². The van der Waals surface area contributed by atoms with Crippen LogP contribution in [0.2, 0.25) is 0 Å². The molecule has 2 saturated heterocycles. The van der Waals surface area contributed by atoms with Crippen molar-refractivity contribution < 1.29 is 22.7 Å². The second-order valence-electron chi connectivity index (χ2n) is 8.49. The highest BCUT2D eigenvalue weighted by Gasteiger charge is 2.50. The van der Waals surface area contributed by atoms with E-state index in [9.17, 15) is 18.0 Å². The van der Waals surface area contributed by atoms with Gasteiger partial charge in [-0.25, -0.2) is 9.40 Å². The van der Waals surface area contributed by atoms with Gasteiger partial charge in [0.05, 0.1) is 12.1 Å². The zero-order valence-corrected chi connectivity index (χ0v) is 18.1. The lowest BCUT2D eigenvalue weighted by molar-refractivity contribution is -0.146. The quantitative estimate of drug-likeness (QED) is 0.629. The van der Waals surface area contributed by atoms with Gasteiger partial charge in [0.25, 0.3) is 0 Å². The largest absolute Gasteiger partial charge is 0.435 e. The molecule has 8 heteroatoms. The number of carbonyl (C=O) groups excluding carboxylic acids is 1. The smallest absolute Gasteiger partial charge is 0.387 e. The van der Waals surface area contributed by atoms with E-state index in [0.717, 1.165) is 43.6 Å². The van der Waals surface area contributed by atoms with Gasteiger partial charge in [0.15, 0.2) is 0 Å². The molecule has 0 bridgehead atoms. The van der Waals surface area contributed by atoms with E-state index in [-0.39, 0.29) is 23.0 Å². The fraction of sp³-hybridized carbons (Fsp3) is 0.458. The molecule has 32 heavy (non-hydrogen) atoms. The van der Waals surface area contributed by atoms with Crippen LogP contribution in [0.3, 0.4) is 0 Å². The molecule has 2 aromatic rings. The molecule has 0 N–H and O–H groups in total. The SMILES string of the molecule is CCN1CCC2(CC1)CC(=O)N(Cc1ccc(OC(F)F)cc1)N2Cc1ccc(F)cc1. The van der Waals surface area contributed by atoms with E-state index in [1.807, 2.05) is 0 Å². The number of likely N-dealkylation sites (tertiary alicyclic amines) is 1. The van der Waals surface area contributed by atoms with Crippen molar-refractivity contribution in [2.45, 2.75) is 51.4 Å². The highest BCUT2D eigenvalue weighted by Crippen LogP contribution is 2.41. The van der Waals surface area contributed by atoms with E-state index in [1.165, 1.54) is 24.3 Å². The van der Waals surface area contributed by atoms with Gasteiger partial charge in [0.1, 0.15) is 11.6 Å². The Bertz CT molecular complexity index is 913. The predicted octanol–water partition coefficient (Wildman–Crippen LogP) is 4.43. The topological polar surface area (TPSA) is 36.0 Å². The first-order valence-electron chi connectivity index (χ1n) is 11.0. The summed E-state index contributed by atoms with van der Waals surface area (Å²) >= 11 is 0. The molecule has 2 heterocycles. The van der Waals surface area contributed by atoms with E-state index in [2.05, 4.69) is 21.6 Å². The zero-order chi connectivity index (χ0) is 22.7. The van der Waals surface area contributed by atoms with Gasteiger partial charge in [-0.15, -0.1) is 0 Å². The van der Waals surface area contributed by atoms with Crippen molar-refractivity contribution in [1.82, 2.24) is 14.9 Å². The Morgan fingerprint density at radius 1 is 0.969 bits per heavy atom. The van der Waals surface area contributed by atoms with Crippen LogP contribution in [-0.4, -0.2) is 52.6 Å².